The monoisotopic (exact) mass is 321 g/mol. The van der Waals surface area contributed by atoms with Crippen molar-refractivity contribution >= 4 is 11.9 Å². The van der Waals surface area contributed by atoms with Gasteiger partial charge in [-0.1, -0.05) is 6.92 Å². The molecule has 128 valence electrons. The van der Waals surface area contributed by atoms with E-state index in [1.807, 2.05) is 0 Å². The van der Waals surface area contributed by atoms with Gasteiger partial charge in [-0.2, -0.15) is 0 Å². The first-order chi connectivity index (χ1) is 10.9. The van der Waals surface area contributed by atoms with E-state index in [0.29, 0.717) is 17.8 Å². The minimum atomic E-state index is -0.978. The van der Waals surface area contributed by atoms with Gasteiger partial charge in [-0.15, -0.1) is 0 Å². The summed E-state index contributed by atoms with van der Waals surface area (Å²) >= 11 is 0. The van der Waals surface area contributed by atoms with Crippen LogP contribution in [0.4, 0.5) is 0 Å². The van der Waals surface area contributed by atoms with E-state index in [-0.39, 0.29) is 17.9 Å². The normalized spacial score (nSPS) is 16.5. The summed E-state index contributed by atoms with van der Waals surface area (Å²) in [5.74, 6) is -0.303. The first-order valence-corrected chi connectivity index (χ1v) is 8.25. The zero-order valence-corrected chi connectivity index (χ0v) is 14.3. The van der Waals surface area contributed by atoms with Crippen molar-refractivity contribution in [3.8, 4) is 0 Å². The number of carbonyl (C=O) groups is 2. The second-order valence-electron chi connectivity index (χ2n) is 6.60. The number of nitrogens with one attached hydrogen (secondary N) is 1. The highest BCUT2D eigenvalue weighted by molar-refractivity contribution is 5.93. The molecule has 2 heterocycles. The van der Waals surface area contributed by atoms with Gasteiger partial charge >= 0.3 is 5.97 Å². The molecule has 1 saturated heterocycles. The third-order valence-electron chi connectivity index (χ3n) is 4.66. The van der Waals surface area contributed by atoms with Crippen LogP contribution >= 0.6 is 0 Å². The Bertz CT molecular complexity index is 572. The molecular formula is C17H27N3O3. The SMILES string of the molecule is Cc1cn(C)c(CC(=O)NCCN2CCC(C)CC2)c1C(=O)O. The maximum Gasteiger partial charge on any atom is 0.337 e. The molecule has 0 bridgehead atoms. The third kappa shape index (κ3) is 4.58. The van der Waals surface area contributed by atoms with Crippen LogP contribution in [-0.4, -0.2) is 52.6 Å². The van der Waals surface area contributed by atoms with Gasteiger partial charge < -0.3 is 19.9 Å². The van der Waals surface area contributed by atoms with E-state index in [0.717, 1.165) is 25.6 Å². The van der Waals surface area contributed by atoms with Crippen molar-refractivity contribution in [2.75, 3.05) is 26.2 Å². The number of carbonyl (C=O) groups excluding carboxylic acids is 1. The molecule has 1 fully saturated rings. The molecular weight excluding hydrogens is 294 g/mol. The number of aromatic carboxylic acids is 1. The van der Waals surface area contributed by atoms with E-state index in [9.17, 15) is 14.7 Å². The Hall–Kier alpha value is -1.82. The molecule has 2 N–H and O–H groups in total. The summed E-state index contributed by atoms with van der Waals surface area (Å²) in [7, 11) is 1.77. The van der Waals surface area contributed by atoms with Crippen molar-refractivity contribution in [1.82, 2.24) is 14.8 Å². The van der Waals surface area contributed by atoms with Gasteiger partial charge in [-0.05, 0) is 44.3 Å². The fourth-order valence-corrected chi connectivity index (χ4v) is 3.20. The zero-order chi connectivity index (χ0) is 17.0. The van der Waals surface area contributed by atoms with Crippen molar-refractivity contribution < 1.29 is 14.7 Å². The Labute approximate surface area is 137 Å². The summed E-state index contributed by atoms with van der Waals surface area (Å²) < 4.78 is 1.73. The lowest BCUT2D eigenvalue weighted by Crippen LogP contribution is -2.39. The van der Waals surface area contributed by atoms with Gasteiger partial charge in [0.1, 0.15) is 0 Å². The maximum atomic E-state index is 12.1. The molecule has 0 spiro atoms. The highest BCUT2D eigenvalue weighted by Crippen LogP contribution is 2.17. The highest BCUT2D eigenvalue weighted by Gasteiger charge is 2.20. The number of hydrogen-bond donors (Lipinski definition) is 2. The molecule has 6 nitrogen and oxygen atoms in total. The summed E-state index contributed by atoms with van der Waals surface area (Å²) in [5, 5.41) is 12.2. The molecule has 1 aromatic heterocycles. The van der Waals surface area contributed by atoms with E-state index in [1.54, 1.807) is 24.7 Å². The number of carboxylic acids is 1. The molecule has 0 unspecified atom stereocenters. The molecule has 1 amide bonds. The summed E-state index contributed by atoms with van der Waals surface area (Å²) in [6.45, 7) is 7.69. The Morgan fingerprint density at radius 3 is 2.61 bits per heavy atom. The maximum absolute atomic E-state index is 12.1. The highest BCUT2D eigenvalue weighted by atomic mass is 16.4. The lowest BCUT2D eigenvalue weighted by atomic mass is 9.99. The number of piperidine rings is 1. The Balaban J connectivity index is 1.82. The zero-order valence-electron chi connectivity index (χ0n) is 14.3. The first kappa shape index (κ1) is 17.5. The number of likely N-dealkylation sites (tertiary alicyclic amines) is 1. The van der Waals surface area contributed by atoms with Gasteiger partial charge in [-0.25, -0.2) is 4.79 Å². The molecule has 1 aromatic rings. The fourth-order valence-electron chi connectivity index (χ4n) is 3.20. The van der Waals surface area contributed by atoms with Crippen LogP contribution in [0.1, 0.15) is 41.4 Å². The van der Waals surface area contributed by atoms with Crippen LogP contribution < -0.4 is 5.32 Å². The molecule has 1 aliphatic heterocycles. The number of nitrogens with zero attached hydrogens (tertiary/aromatic N) is 2. The van der Waals surface area contributed by atoms with E-state index in [1.165, 1.54) is 12.8 Å². The summed E-state index contributed by atoms with van der Waals surface area (Å²) in [5.41, 5.74) is 1.48. The quantitative estimate of drug-likeness (QED) is 0.831. The minimum Gasteiger partial charge on any atom is -0.478 e. The van der Waals surface area contributed by atoms with Crippen LogP contribution in [-0.2, 0) is 18.3 Å². The molecule has 1 aliphatic rings. The lowest BCUT2D eigenvalue weighted by Gasteiger charge is -2.30. The van der Waals surface area contributed by atoms with Crippen LogP contribution in [0.5, 0.6) is 0 Å². The number of rotatable bonds is 6. The van der Waals surface area contributed by atoms with Crippen LogP contribution in [0, 0.1) is 12.8 Å². The van der Waals surface area contributed by atoms with Gasteiger partial charge in [0.25, 0.3) is 0 Å². The van der Waals surface area contributed by atoms with Gasteiger partial charge in [0.05, 0.1) is 12.0 Å². The van der Waals surface area contributed by atoms with Crippen LogP contribution in [0.25, 0.3) is 0 Å². The van der Waals surface area contributed by atoms with Crippen molar-refractivity contribution in [2.45, 2.75) is 33.1 Å². The van der Waals surface area contributed by atoms with Crippen LogP contribution in [0.3, 0.4) is 0 Å². The van der Waals surface area contributed by atoms with Crippen LogP contribution in [0.2, 0.25) is 0 Å². The number of carboxylic acid groups (broad SMARTS) is 1. The van der Waals surface area contributed by atoms with Gasteiger partial charge in [0, 0.05) is 32.0 Å². The second-order valence-corrected chi connectivity index (χ2v) is 6.60. The average Bonchev–Trinajstić information content (AvgIpc) is 2.75. The molecule has 2 rings (SSSR count). The molecule has 0 aliphatic carbocycles. The van der Waals surface area contributed by atoms with E-state index in [4.69, 9.17) is 0 Å². The predicted molar refractivity (Wildman–Crippen MR) is 88.7 cm³/mol. The largest absolute Gasteiger partial charge is 0.478 e. The number of hydrogen-bond acceptors (Lipinski definition) is 3. The molecule has 0 atom stereocenters. The summed E-state index contributed by atoms with van der Waals surface area (Å²) in [6, 6.07) is 0. The fraction of sp³-hybridized carbons (Fsp3) is 0.647. The first-order valence-electron chi connectivity index (χ1n) is 8.25. The number of aryl methyl sites for hydroxylation is 2. The number of amides is 1. The van der Waals surface area contributed by atoms with E-state index in [2.05, 4.69) is 17.1 Å². The predicted octanol–water partition coefficient (Wildman–Crippen LogP) is 1.42. The van der Waals surface area contributed by atoms with Crippen molar-refractivity contribution in [3.63, 3.8) is 0 Å². The van der Waals surface area contributed by atoms with Crippen molar-refractivity contribution in [3.05, 3.63) is 23.0 Å². The Morgan fingerprint density at radius 2 is 2.00 bits per heavy atom. The molecule has 23 heavy (non-hydrogen) atoms. The van der Waals surface area contributed by atoms with Gasteiger partial charge in [-0.3, -0.25) is 4.79 Å². The number of aromatic nitrogens is 1. The lowest BCUT2D eigenvalue weighted by molar-refractivity contribution is -0.120. The standard InChI is InChI=1S/C17H27N3O3/c1-12-4-7-20(8-5-12)9-6-18-15(21)10-14-16(17(22)23)13(2)11-19(14)3/h11-12H,4-10H2,1-3H3,(H,18,21)(H,22,23). The third-order valence-corrected chi connectivity index (χ3v) is 4.66. The molecule has 6 heteroatoms. The van der Waals surface area contributed by atoms with Crippen molar-refractivity contribution in [2.24, 2.45) is 13.0 Å². The molecule has 0 aromatic carbocycles. The Morgan fingerprint density at radius 1 is 1.35 bits per heavy atom. The second kappa shape index (κ2) is 7.64. The smallest absolute Gasteiger partial charge is 0.337 e. The average molecular weight is 321 g/mol. The Kier molecular flexibility index (Phi) is 5.82. The minimum absolute atomic E-state index is 0.100. The summed E-state index contributed by atoms with van der Waals surface area (Å²) in [6.07, 6.45) is 4.29. The topological polar surface area (TPSA) is 74.6 Å². The van der Waals surface area contributed by atoms with Crippen molar-refractivity contribution in [1.29, 1.82) is 0 Å². The van der Waals surface area contributed by atoms with Gasteiger partial charge in [0.2, 0.25) is 5.91 Å². The van der Waals surface area contributed by atoms with E-state index < -0.39 is 5.97 Å². The van der Waals surface area contributed by atoms with E-state index >= 15 is 0 Å². The molecule has 0 saturated carbocycles. The van der Waals surface area contributed by atoms with Gasteiger partial charge in [0.15, 0.2) is 0 Å². The van der Waals surface area contributed by atoms with Crippen LogP contribution in [0.15, 0.2) is 6.20 Å². The molecule has 0 radical (unpaired) electrons. The summed E-state index contributed by atoms with van der Waals surface area (Å²) in [4.78, 5) is 25.8.